The first-order valence-corrected chi connectivity index (χ1v) is 6.32. The molecule has 0 saturated heterocycles. The second-order valence-electron chi connectivity index (χ2n) is 3.90. The van der Waals surface area contributed by atoms with E-state index < -0.39 is 17.6 Å². The maximum atomic E-state index is 13.5. The van der Waals surface area contributed by atoms with Gasteiger partial charge in [-0.1, -0.05) is 23.9 Å². The molecule has 0 aliphatic carbocycles. The van der Waals surface area contributed by atoms with Gasteiger partial charge < -0.3 is 0 Å². The Hall–Kier alpha value is -1.82. The smallest absolute Gasteiger partial charge is 0.298 e. The summed E-state index contributed by atoms with van der Waals surface area (Å²) in [4.78, 5) is 11.4. The van der Waals surface area contributed by atoms with Crippen LogP contribution in [0.25, 0.3) is 0 Å². The Bertz CT molecular complexity index is 637. The molecule has 0 spiro atoms. The van der Waals surface area contributed by atoms with Gasteiger partial charge in [-0.25, -0.2) is 4.39 Å². The van der Waals surface area contributed by atoms with Gasteiger partial charge in [0, 0.05) is 15.4 Å². The van der Waals surface area contributed by atoms with Crippen molar-refractivity contribution in [3.8, 4) is 0 Å². The van der Waals surface area contributed by atoms with Crippen molar-refractivity contribution in [2.75, 3.05) is 0 Å². The lowest BCUT2D eigenvalue weighted by atomic mass is 10.1. The molecule has 0 bridgehead atoms. The molecule has 20 heavy (non-hydrogen) atoms. The van der Waals surface area contributed by atoms with Gasteiger partial charge in [0.1, 0.15) is 5.82 Å². The molecule has 0 amide bonds. The van der Waals surface area contributed by atoms with E-state index in [-0.39, 0.29) is 15.4 Å². The van der Waals surface area contributed by atoms with Crippen LogP contribution >= 0.6 is 11.8 Å². The topological polar surface area (TPSA) is 17.1 Å². The fourth-order valence-electron chi connectivity index (χ4n) is 1.56. The van der Waals surface area contributed by atoms with Crippen molar-refractivity contribution in [2.45, 2.75) is 16.0 Å². The molecule has 0 aliphatic heterocycles. The minimum absolute atomic E-state index is 0.118. The van der Waals surface area contributed by atoms with E-state index in [1.165, 1.54) is 24.3 Å². The van der Waals surface area contributed by atoms with Gasteiger partial charge >= 0.3 is 6.18 Å². The van der Waals surface area contributed by atoms with Crippen LogP contribution in [-0.2, 0) is 6.18 Å². The summed E-state index contributed by atoms with van der Waals surface area (Å²) in [6.45, 7) is 0. The third-order valence-corrected chi connectivity index (χ3v) is 3.66. The molecule has 0 unspecified atom stereocenters. The third kappa shape index (κ3) is 3.19. The number of halogens is 4. The summed E-state index contributed by atoms with van der Waals surface area (Å²) in [5.41, 5.74) is -1.02. The summed E-state index contributed by atoms with van der Waals surface area (Å²) in [6.07, 6.45) is -4.18. The summed E-state index contributed by atoms with van der Waals surface area (Å²) in [7, 11) is 0. The lowest BCUT2D eigenvalue weighted by Crippen LogP contribution is -2.05. The van der Waals surface area contributed by atoms with Crippen LogP contribution in [0, 0.1) is 5.82 Å². The standard InChI is InChI=1S/C14H8F4OS/c15-11-3-1-2-4-13(11)20-12-6-5-10(14(16,17)18)7-9(12)8-19/h1-8H. The molecule has 1 nitrogen and oxygen atoms in total. The zero-order valence-corrected chi connectivity index (χ0v) is 10.8. The second kappa shape index (κ2) is 5.66. The van der Waals surface area contributed by atoms with Crippen molar-refractivity contribution in [1.29, 1.82) is 0 Å². The predicted octanol–water partition coefficient (Wildman–Crippen LogP) is 4.81. The molecule has 0 N–H and O–H groups in total. The first kappa shape index (κ1) is 14.6. The Balaban J connectivity index is 2.38. The molecule has 0 aliphatic rings. The second-order valence-corrected chi connectivity index (χ2v) is 4.98. The lowest BCUT2D eigenvalue weighted by molar-refractivity contribution is -0.137. The molecular formula is C14H8F4OS. The number of hydrogen-bond donors (Lipinski definition) is 0. The minimum atomic E-state index is -4.51. The number of carbonyl (C=O) groups is 1. The Labute approximate surface area is 116 Å². The van der Waals surface area contributed by atoms with E-state index in [4.69, 9.17) is 0 Å². The van der Waals surface area contributed by atoms with E-state index in [0.717, 1.165) is 23.9 Å². The normalized spacial score (nSPS) is 11.4. The predicted molar refractivity (Wildman–Crippen MR) is 67.4 cm³/mol. The van der Waals surface area contributed by atoms with E-state index >= 15 is 0 Å². The van der Waals surface area contributed by atoms with Gasteiger partial charge in [0.25, 0.3) is 0 Å². The van der Waals surface area contributed by atoms with E-state index in [0.29, 0.717) is 6.29 Å². The first-order chi connectivity index (χ1) is 9.41. The highest BCUT2D eigenvalue weighted by atomic mass is 32.2. The number of rotatable bonds is 3. The SMILES string of the molecule is O=Cc1cc(C(F)(F)F)ccc1Sc1ccccc1F. The molecular weight excluding hydrogens is 292 g/mol. The van der Waals surface area contributed by atoms with Gasteiger partial charge in [0.05, 0.1) is 5.56 Å². The number of alkyl halides is 3. The average molecular weight is 300 g/mol. The van der Waals surface area contributed by atoms with Crippen LogP contribution in [0.1, 0.15) is 15.9 Å². The van der Waals surface area contributed by atoms with Gasteiger partial charge in [0.15, 0.2) is 6.29 Å². The molecule has 0 heterocycles. The molecule has 2 rings (SSSR count). The molecule has 0 fully saturated rings. The first-order valence-electron chi connectivity index (χ1n) is 5.50. The van der Waals surface area contributed by atoms with Crippen LogP contribution in [0.3, 0.4) is 0 Å². The van der Waals surface area contributed by atoms with Gasteiger partial charge in [-0.3, -0.25) is 4.79 Å². The van der Waals surface area contributed by atoms with Gasteiger partial charge in [-0.15, -0.1) is 0 Å². The summed E-state index contributed by atoms with van der Waals surface area (Å²) >= 11 is 0.911. The highest BCUT2D eigenvalue weighted by Gasteiger charge is 2.31. The zero-order valence-electron chi connectivity index (χ0n) is 9.95. The largest absolute Gasteiger partial charge is 0.416 e. The van der Waals surface area contributed by atoms with E-state index in [1.807, 2.05) is 0 Å². The van der Waals surface area contributed by atoms with Crippen LogP contribution < -0.4 is 0 Å². The summed E-state index contributed by atoms with van der Waals surface area (Å²) in [6, 6.07) is 8.65. The van der Waals surface area contributed by atoms with Crippen LogP contribution in [0.5, 0.6) is 0 Å². The Morgan fingerprint density at radius 2 is 1.70 bits per heavy atom. The van der Waals surface area contributed by atoms with Crippen LogP contribution in [0.15, 0.2) is 52.3 Å². The number of carbonyl (C=O) groups excluding carboxylic acids is 1. The Kier molecular flexibility index (Phi) is 4.13. The monoisotopic (exact) mass is 300 g/mol. The van der Waals surface area contributed by atoms with E-state index in [2.05, 4.69) is 0 Å². The highest BCUT2D eigenvalue weighted by molar-refractivity contribution is 7.99. The molecule has 0 aromatic heterocycles. The molecule has 0 saturated carbocycles. The van der Waals surface area contributed by atoms with E-state index in [9.17, 15) is 22.4 Å². The molecule has 0 radical (unpaired) electrons. The Morgan fingerprint density at radius 1 is 1.00 bits per heavy atom. The van der Waals surface area contributed by atoms with Crippen molar-refractivity contribution in [3.63, 3.8) is 0 Å². The maximum Gasteiger partial charge on any atom is 0.416 e. The Morgan fingerprint density at radius 3 is 2.30 bits per heavy atom. The number of aldehydes is 1. The van der Waals surface area contributed by atoms with Gasteiger partial charge in [0.2, 0.25) is 0 Å². The zero-order chi connectivity index (χ0) is 14.8. The summed E-state index contributed by atoms with van der Waals surface area (Å²) in [5, 5.41) is 0. The van der Waals surface area contributed by atoms with Crippen LogP contribution in [0.4, 0.5) is 17.6 Å². The molecule has 2 aromatic carbocycles. The molecule has 6 heteroatoms. The molecule has 104 valence electrons. The van der Waals surface area contributed by atoms with Gasteiger partial charge in [-0.05, 0) is 30.3 Å². The highest BCUT2D eigenvalue weighted by Crippen LogP contribution is 2.35. The van der Waals surface area contributed by atoms with Crippen molar-refractivity contribution in [2.24, 2.45) is 0 Å². The number of hydrogen-bond acceptors (Lipinski definition) is 2. The maximum absolute atomic E-state index is 13.5. The molecule has 0 atom stereocenters. The van der Waals surface area contributed by atoms with Crippen molar-refractivity contribution >= 4 is 18.0 Å². The van der Waals surface area contributed by atoms with E-state index in [1.54, 1.807) is 6.07 Å². The van der Waals surface area contributed by atoms with Crippen molar-refractivity contribution in [1.82, 2.24) is 0 Å². The van der Waals surface area contributed by atoms with Gasteiger partial charge in [-0.2, -0.15) is 13.2 Å². The number of benzene rings is 2. The quantitative estimate of drug-likeness (QED) is 0.598. The average Bonchev–Trinajstić information content (AvgIpc) is 2.40. The van der Waals surface area contributed by atoms with Crippen molar-refractivity contribution in [3.05, 3.63) is 59.4 Å². The summed E-state index contributed by atoms with van der Waals surface area (Å²) in [5.74, 6) is -0.491. The van der Waals surface area contributed by atoms with Crippen LogP contribution in [-0.4, -0.2) is 6.29 Å². The fourth-order valence-corrected chi connectivity index (χ4v) is 2.47. The minimum Gasteiger partial charge on any atom is -0.298 e. The van der Waals surface area contributed by atoms with Crippen LogP contribution in [0.2, 0.25) is 0 Å². The van der Waals surface area contributed by atoms with Crippen molar-refractivity contribution < 1.29 is 22.4 Å². The lowest BCUT2D eigenvalue weighted by Gasteiger charge is -2.10. The molecule has 2 aromatic rings. The fraction of sp³-hybridized carbons (Fsp3) is 0.0714. The third-order valence-electron chi connectivity index (χ3n) is 2.52. The summed E-state index contributed by atoms with van der Waals surface area (Å²) < 4.78 is 51.1.